The van der Waals surface area contributed by atoms with E-state index in [4.69, 9.17) is 19.0 Å². The summed E-state index contributed by atoms with van der Waals surface area (Å²) in [6.45, 7) is 3.63. The summed E-state index contributed by atoms with van der Waals surface area (Å²) in [6.07, 6.45) is 4.23. The summed E-state index contributed by atoms with van der Waals surface area (Å²) in [7, 11) is 2.16. The first-order chi connectivity index (χ1) is 14.6. The summed E-state index contributed by atoms with van der Waals surface area (Å²) >= 11 is 0. The SMILES string of the molecule is CN1C[C@H](c2nc(C3CC3)no2)C2(CCN(C(=O)c3ccc4c(c3)OCO4)CC2)C1. The minimum absolute atomic E-state index is 0.0554. The standard InChI is InChI=1S/C22H26N4O4/c1-25-11-16(20-23-19(24-30-20)14-2-3-14)22(12-25)6-8-26(9-7-22)21(27)15-4-5-17-18(10-15)29-13-28-17/h4-5,10,14,16H,2-3,6-9,11-13H2,1H3/t16-/m1/s1. The van der Waals surface area contributed by atoms with Gasteiger partial charge in [0, 0.05) is 37.7 Å². The largest absolute Gasteiger partial charge is 0.454 e. The molecule has 4 heterocycles. The summed E-state index contributed by atoms with van der Waals surface area (Å²) in [4.78, 5) is 22.2. The molecule has 30 heavy (non-hydrogen) atoms. The lowest BCUT2D eigenvalue weighted by Gasteiger charge is -2.41. The molecule has 0 N–H and O–H groups in total. The van der Waals surface area contributed by atoms with Crippen molar-refractivity contribution in [2.45, 2.75) is 37.5 Å². The number of piperidine rings is 1. The van der Waals surface area contributed by atoms with Crippen LogP contribution < -0.4 is 9.47 Å². The summed E-state index contributed by atoms with van der Waals surface area (Å²) < 4.78 is 16.5. The van der Waals surface area contributed by atoms with E-state index in [2.05, 4.69) is 17.1 Å². The van der Waals surface area contributed by atoms with Crippen molar-refractivity contribution in [1.82, 2.24) is 19.9 Å². The fraction of sp³-hybridized carbons (Fsp3) is 0.591. The van der Waals surface area contributed by atoms with Gasteiger partial charge in [0.1, 0.15) is 0 Å². The molecule has 3 fully saturated rings. The number of benzene rings is 1. The van der Waals surface area contributed by atoms with Gasteiger partial charge in [-0.3, -0.25) is 4.79 Å². The van der Waals surface area contributed by atoms with Gasteiger partial charge in [-0.15, -0.1) is 0 Å². The van der Waals surface area contributed by atoms with Crippen LogP contribution in [0.4, 0.5) is 0 Å². The third-order valence-corrected chi connectivity index (χ3v) is 7.18. The molecule has 0 bridgehead atoms. The number of carbonyl (C=O) groups excluding carboxylic acids is 1. The zero-order valence-corrected chi connectivity index (χ0v) is 17.2. The molecule has 2 saturated heterocycles. The molecule has 8 heteroatoms. The molecule has 1 amide bonds. The number of carbonyl (C=O) groups is 1. The van der Waals surface area contributed by atoms with E-state index in [9.17, 15) is 4.79 Å². The van der Waals surface area contributed by atoms with Crippen molar-refractivity contribution in [3.05, 3.63) is 35.5 Å². The molecule has 1 aromatic carbocycles. The van der Waals surface area contributed by atoms with Crippen molar-refractivity contribution in [1.29, 1.82) is 0 Å². The zero-order chi connectivity index (χ0) is 20.3. The fourth-order valence-corrected chi connectivity index (χ4v) is 5.33. The van der Waals surface area contributed by atoms with Crippen molar-refractivity contribution < 1.29 is 18.8 Å². The van der Waals surface area contributed by atoms with Crippen LogP contribution >= 0.6 is 0 Å². The predicted molar refractivity (Wildman–Crippen MR) is 107 cm³/mol. The number of nitrogens with zero attached hydrogens (tertiary/aromatic N) is 4. The second-order valence-electron chi connectivity index (χ2n) is 9.24. The van der Waals surface area contributed by atoms with Crippen LogP contribution in [0.15, 0.2) is 22.7 Å². The van der Waals surface area contributed by atoms with E-state index in [-0.39, 0.29) is 24.0 Å². The van der Waals surface area contributed by atoms with Crippen LogP contribution in [-0.2, 0) is 0 Å². The summed E-state index contributed by atoms with van der Waals surface area (Å²) in [5.41, 5.74) is 0.745. The lowest BCUT2D eigenvalue weighted by molar-refractivity contribution is 0.0548. The first-order valence-electron chi connectivity index (χ1n) is 10.8. The molecule has 8 nitrogen and oxygen atoms in total. The Labute approximate surface area is 175 Å². The average Bonchev–Trinajstić information content (AvgIpc) is 3.18. The lowest BCUT2D eigenvalue weighted by Crippen LogP contribution is -2.46. The van der Waals surface area contributed by atoms with E-state index in [1.165, 1.54) is 12.8 Å². The Balaban J connectivity index is 1.18. The second-order valence-corrected chi connectivity index (χ2v) is 9.24. The first-order valence-corrected chi connectivity index (χ1v) is 10.8. The number of amides is 1. The summed E-state index contributed by atoms with van der Waals surface area (Å²) in [5, 5.41) is 4.25. The Kier molecular flexibility index (Phi) is 4.06. The minimum Gasteiger partial charge on any atom is -0.454 e. The molecule has 0 unspecified atom stereocenters. The van der Waals surface area contributed by atoms with Crippen molar-refractivity contribution >= 4 is 5.91 Å². The van der Waals surface area contributed by atoms with Crippen molar-refractivity contribution in [3.63, 3.8) is 0 Å². The number of hydrogen-bond donors (Lipinski definition) is 0. The second kappa shape index (κ2) is 6.70. The van der Waals surface area contributed by atoms with E-state index in [1.54, 1.807) is 6.07 Å². The number of ether oxygens (including phenoxy) is 2. The molecule has 1 spiro atoms. The molecule has 1 saturated carbocycles. The summed E-state index contributed by atoms with van der Waals surface area (Å²) in [6, 6.07) is 5.43. The van der Waals surface area contributed by atoms with Crippen molar-refractivity contribution in [2.75, 3.05) is 40.0 Å². The molecule has 0 radical (unpaired) electrons. The predicted octanol–water partition coefficient (Wildman–Crippen LogP) is 2.63. The fourth-order valence-electron chi connectivity index (χ4n) is 5.33. The van der Waals surface area contributed by atoms with Gasteiger partial charge >= 0.3 is 0 Å². The van der Waals surface area contributed by atoms with Crippen molar-refractivity contribution in [2.24, 2.45) is 5.41 Å². The van der Waals surface area contributed by atoms with E-state index >= 15 is 0 Å². The molecular weight excluding hydrogens is 384 g/mol. The van der Waals surface area contributed by atoms with Gasteiger partial charge in [0.05, 0.1) is 5.92 Å². The average molecular weight is 410 g/mol. The highest BCUT2D eigenvalue weighted by atomic mass is 16.7. The Morgan fingerprint density at radius 1 is 1.17 bits per heavy atom. The van der Waals surface area contributed by atoms with E-state index in [0.717, 1.165) is 50.7 Å². The molecule has 158 valence electrons. The molecule has 1 atom stereocenters. The molecule has 4 aliphatic rings. The number of hydrogen-bond acceptors (Lipinski definition) is 7. The van der Waals surface area contributed by atoms with Gasteiger partial charge in [0.25, 0.3) is 5.91 Å². The van der Waals surface area contributed by atoms with Crippen LogP contribution in [0.1, 0.15) is 59.6 Å². The Morgan fingerprint density at radius 2 is 1.97 bits per heavy atom. The third kappa shape index (κ3) is 2.96. The monoisotopic (exact) mass is 410 g/mol. The van der Waals surface area contributed by atoms with Gasteiger partial charge in [-0.2, -0.15) is 4.98 Å². The van der Waals surface area contributed by atoms with E-state index in [0.29, 0.717) is 23.0 Å². The number of likely N-dealkylation sites (tertiary alicyclic amines) is 2. The quantitative estimate of drug-likeness (QED) is 0.769. The maximum absolute atomic E-state index is 13.1. The maximum atomic E-state index is 13.1. The minimum atomic E-state index is 0.0554. The van der Waals surface area contributed by atoms with E-state index in [1.807, 2.05) is 17.0 Å². The van der Waals surface area contributed by atoms with Gasteiger partial charge in [-0.25, -0.2) is 0 Å². The molecule has 2 aromatic rings. The third-order valence-electron chi connectivity index (χ3n) is 7.18. The lowest BCUT2D eigenvalue weighted by atomic mass is 9.70. The van der Waals surface area contributed by atoms with E-state index < -0.39 is 0 Å². The number of aromatic nitrogens is 2. The zero-order valence-electron chi connectivity index (χ0n) is 17.2. The van der Waals surface area contributed by atoms with Gasteiger partial charge in [-0.1, -0.05) is 5.16 Å². The van der Waals surface area contributed by atoms with Gasteiger partial charge in [0.15, 0.2) is 17.3 Å². The Morgan fingerprint density at radius 3 is 2.77 bits per heavy atom. The number of fused-ring (bicyclic) bond motifs is 1. The van der Waals surface area contributed by atoms with Gasteiger partial charge in [-0.05, 0) is 56.3 Å². The van der Waals surface area contributed by atoms with Crippen LogP contribution in [0.2, 0.25) is 0 Å². The Bertz CT molecular complexity index is 977. The van der Waals surface area contributed by atoms with Crippen LogP contribution in [-0.4, -0.2) is 65.9 Å². The topological polar surface area (TPSA) is 80.9 Å². The molecule has 6 rings (SSSR count). The summed E-state index contributed by atoms with van der Waals surface area (Å²) in [5.74, 6) is 3.81. The molecular formula is C22H26N4O4. The maximum Gasteiger partial charge on any atom is 0.253 e. The highest BCUT2D eigenvalue weighted by molar-refractivity contribution is 5.95. The normalized spacial score (nSPS) is 25.2. The highest BCUT2D eigenvalue weighted by Gasteiger charge is 2.50. The first kappa shape index (κ1) is 18.2. The van der Waals surface area contributed by atoms with Crippen molar-refractivity contribution in [3.8, 4) is 11.5 Å². The van der Waals surface area contributed by atoms with Gasteiger partial charge in [0.2, 0.25) is 12.7 Å². The smallest absolute Gasteiger partial charge is 0.253 e. The highest BCUT2D eigenvalue weighted by Crippen LogP contribution is 2.50. The molecule has 1 aromatic heterocycles. The Hall–Kier alpha value is -2.61. The van der Waals surface area contributed by atoms with Crippen LogP contribution in [0.25, 0.3) is 0 Å². The van der Waals surface area contributed by atoms with Gasteiger partial charge < -0.3 is 23.8 Å². The molecule has 1 aliphatic carbocycles. The number of rotatable bonds is 3. The van der Waals surface area contributed by atoms with Crippen LogP contribution in [0.3, 0.4) is 0 Å². The van der Waals surface area contributed by atoms with Crippen LogP contribution in [0, 0.1) is 5.41 Å². The van der Waals surface area contributed by atoms with Crippen LogP contribution in [0.5, 0.6) is 11.5 Å². The molecule has 3 aliphatic heterocycles. The number of likely N-dealkylation sites (N-methyl/N-ethyl adjacent to an activating group) is 1.